The average molecular weight is 313 g/mol. The van der Waals surface area contributed by atoms with Crippen molar-refractivity contribution in [3.05, 3.63) is 34.5 Å². The van der Waals surface area contributed by atoms with Crippen LogP contribution in [0.15, 0.2) is 24.4 Å². The first-order valence-electron chi connectivity index (χ1n) is 5.77. The molecule has 0 aliphatic carbocycles. The smallest absolute Gasteiger partial charge is 0.406 e. The monoisotopic (exact) mass is 313 g/mol. The van der Waals surface area contributed by atoms with Crippen molar-refractivity contribution in [3.8, 4) is 17.3 Å². The Morgan fingerprint density at radius 2 is 2.09 bits per heavy atom. The molecule has 0 aliphatic heterocycles. The van der Waals surface area contributed by atoms with Crippen molar-refractivity contribution in [1.82, 2.24) is 20.2 Å². The summed E-state index contributed by atoms with van der Waals surface area (Å²) in [5, 5.41) is 16.8. The Morgan fingerprint density at radius 3 is 2.77 bits per heavy atom. The number of nitrogens with one attached hydrogen (secondary N) is 2. The van der Waals surface area contributed by atoms with E-state index >= 15 is 0 Å². The molecule has 22 heavy (non-hydrogen) atoms. The molecule has 0 saturated carbocycles. The molecule has 11 heteroatoms. The van der Waals surface area contributed by atoms with Crippen molar-refractivity contribution in [2.75, 3.05) is 0 Å². The highest BCUT2D eigenvalue weighted by atomic mass is 19.4. The van der Waals surface area contributed by atoms with Crippen LogP contribution in [0.5, 0.6) is 5.75 Å². The predicted molar refractivity (Wildman–Crippen MR) is 67.0 cm³/mol. The number of hydrogen-bond acceptors (Lipinski definition) is 5. The van der Waals surface area contributed by atoms with Crippen LogP contribution in [0.3, 0.4) is 0 Å². The summed E-state index contributed by atoms with van der Waals surface area (Å²) in [6, 6.07) is 3.50. The SMILES string of the molecule is O=[N+]([O-])c1cn[nH]c1-c1nc2ccc(OC(F)(F)F)cc2[nH]1. The van der Waals surface area contributed by atoms with Gasteiger partial charge in [-0.3, -0.25) is 15.2 Å². The summed E-state index contributed by atoms with van der Waals surface area (Å²) in [6.07, 6.45) is -3.79. The van der Waals surface area contributed by atoms with Gasteiger partial charge in [0.2, 0.25) is 0 Å². The molecule has 3 aromatic rings. The van der Waals surface area contributed by atoms with Crippen LogP contribution in [0.25, 0.3) is 22.6 Å². The van der Waals surface area contributed by atoms with Crippen LogP contribution in [-0.4, -0.2) is 31.5 Å². The van der Waals surface area contributed by atoms with Crippen molar-refractivity contribution < 1.29 is 22.8 Å². The van der Waals surface area contributed by atoms with E-state index in [0.29, 0.717) is 5.52 Å². The molecule has 2 N–H and O–H groups in total. The van der Waals surface area contributed by atoms with Crippen molar-refractivity contribution in [3.63, 3.8) is 0 Å². The number of imidazole rings is 1. The lowest BCUT2D eigenvalue weighted by molar-refractivity contribution is -0.384. The van der Waals surface area contributed by atoms with Gasteiger partial charge in [-0.2, -0.15) is 5.10 Å². The molecule has 2 heterocycles. The number of benzene rings is 1. The van der Waals surface area contributed by atoms with Gasteiger partial charge in [0.15, 0.2) is 11.5 Å². The summed E-state index contributed by atoms with van der Waals surface area (Å²) >= 11 is 0. The summed E-state index contributed by atoms with van der Waals surface area (Å²) in [6.45, 7) is 0. The van der Waals surface area contributed by atoms with E-state index in [1.807, 2.05) is 0 Å². The molecule has 3 rings (SSSR count). The molecular formula is C11H6F3N5O3. The molecule has 0 saturated heterocycles. The fourth-order valence-electron chi connectivity index (χ4n) is 1.90. The topological polar surface area (TPSA) is 110 Å². The molecule has 0 fully saturated rings. The van der Waals surface area contributed by atoms with E-state index in [2.05, 4.69) is 24.9 Å². The fraction of sp³-hybridized carbons (Fsp3) is 0.0909. The van der Waals surface area contributed by atoms with Crippen molar-refractivity contribution in [1.29, 1.82) is 0 Å². The number of hydrogen-bond donors (Lipinski definition) is 2. The van der Waals surface area contributed by atoms with Gasteiger partial charge in [0, 0.05) is 6.07 Å². The highest BCUT2D eigenvalue weighted by Crippen LogP contribution is 2.29. The van der Waals surface area contributed by atoms with Crippen LogP contribution >= 0.6 is 0 Å². The molecule has 1 aromatic carbocycles. The summed E-state index contributed by atoms with van der Waals surface area (Å²) in [5.74, 6) is -0.335. The van der Waals surface area contributed by atoms with E-state index < -0.39 is 17.0 Å². The van der Waals surface area contributed by atoms with Crippen LogP contribution in [0.4, 0.5) is 18.9 Å². The zero-order valence-corrected chi connectivity index (χ0v) is 10.5. The number of nitro groups is 1. The lowest BCUT2D eigenvalue weighted by atomic mass is 10.3. The quantitative estimate of drug-likeness (QED) is 0.570. The molecule has 0 atom stereocenters. The number of ether oxygens (including phenoxy) is 1. The first-order valence-corrected chi connectivity index (χ1v) is 5.77. The Balaban J connectivity index is 2.03. The van der Waals surface area contributed by atoms with Gasteiger partial charge in [-0.05, 0) is 12.1 Å². The third-order valence-corrected chi connectivity index (χ3v) is 2.74. The van der Waals surface area contributed by atoms with Crippen LogP contribution in [-0.2, 0) is 0 Å². The number of aromatic amines is 2. The van der Waals surface area contributed by atoms with Crippen LogP contribution < -0.4 is 4.74 Å². The maximum atomic E-state index is 12.2. The van der Waals surface area contributed by atoms with E-state index in [0.717, 1.165) is 18.3 Å². The molecule has 0 radical (unpaired) electrons. The summed E-state index contributed by atoms with van der Waals surface area (Å²) < 4.78 is 40.3. The zero-order chi connectivity index (χ0) is 15.9. The molecular weight excluding hydrogens is 307 g/mol. The molecule has 2 aromatic heterocycles. The van der Waals surface area contributed by atoms with Gasteiger partial charge in [-0.1, -0.05) is 0 Å². The number of H-pyrrole nitrogens is 2. The second kappa shape index (κ2) is 4.72. The van der Waals surface area contributed by atoms with Gasteiger partial charge < -0.3 is 9.72 Å². The van der Waals surface area contributed by atoms with Gasteiger partial charge in [0.05, 0.1) is 16.0 Å². The van der Waals surface area contributed by atoms with Crippen LogP contribution in [0.1, 0.15) is 0 Å². The lowest BCUT2D eigenvalue weighted by Gasteiger charge is -2.07. The van der Waals surface area contributed by atoms with Gasteiger partial charge in [-0.15, -0.1) is 13.2 Å². The average Bonchev–Trinajstić information content (AvgIpc) is 3.01. The second-order valence-electron chi connectivity index (χ2n) is 4.20. The number of halogens is 3. The second-order valence-corrected chi connectivity index (χ2v) is 4.20. The molecule has 8 nitrogen and oxygen atoms in total. The zero-order valence-electron chi connectivity index (χ0n) is 10.5. The number of alkyl halides is 3. The Morgan fingerprint density at radius 1 is 1.32 bits per heavy atom. The maximum Gasteiger partial charge on any atom is 0.573 e. The standard InChI is InChI=1S/C11H6F3N5O3/c12-11(13,14)22-5-1-2-6-7(3-5)17-10(16-6)9-8(19(20)21)4-15-18-9/h1-4H,(H,15,18)(H,16,17). The van der Waals surface area contributed by atoms with E-state index in [9.17, 15) is 23.3 Å². The fourth-order valence-corrected chi connectivity index (χ4v) is 1.90. The van der Waals surface area contributed by atoms with E-state index in [-0.39, 0.29) is 22.7 Å². The van der Waals surface area contributed by atoms with Crippen molar-refractivity contribution >= 4 is 16.7 Å². The number of nitrogens with zero attached hydrogens (tertiary/aromatic N) is 3. The number of fused-ring (bicyclic) bond motifs is 1. The predicted octanol–water partition coefficient (Wildman–Crippen LogP) is 2.76. The van der Waals surface area contributed by atoms with E-state index in [4.69, 9.17) is 0 Å². The molecule has 0 amide bonds. The van der Waals surface area contributed by atoms with Gasteiger partial charge in [0.1, 0.15) is 11.9 Å². The summed E-state index contributed by atoms with van der Waals surface area (Å²) in [5.41, 5.74) is 0.291. The Labute approximate surface area is 119 Å². The van der Waals surface area contributed by atoms with Gasteiger partial charge >= 0.3 is 12.0 Å². The Kier molecular flexibility index (Phi) is 2.97. The molecule has 0 spiro atoms. The van der Waals surface area contributed by atoms with Crippen molar-refractivity contribution in [2.24, 2.45) is 0 Å². The Hall–Kier alpha value is -3.11. The van der Waals surface area contributed by atoms with Gasteiger partial charge in [0.25, 0.3) is 0 Å². The maximum absolute atomic E-state index is 12.2. The first kappa shape index (κ1) is 13.9. The molecule has 0 bridgehead atoms. The third-order valence-electron chi connectivity index (χ3n) is 2.74. The first-order chi connectivity index (χ1) is 10.3. The normalized spacial score (nSPS) is 11.8. The molecule has 0 unspecified atom stereocenters. The van der Waals surface area contributed by atoms with Gasteiger partial charge in [-0.25, -0.2) is 4.98 Å². The Bertz CT molecular complexity index is 854. The third kappa shape index (κ3) is 2.55. The van der Waals surface area contributed by atoms with E-state index in [1.165, 1.54) is 6.07 Å². The molecule has 114 valence electrons. The van der Waals surface area contributed by atoms with Crippen LogP contribution in [0.2, 0.25) is 0 Å². The highest BCUT2D eigenvalue weighted by molar-refractivity contribution is 5.81. The number of rotatable bonds is 3. The summed E-state index contributed by atoms with van der Waals surface area (Å²) in [7, 11) is 0. The minimum absolute atomic E-state index is 0.0273. The van der Waals surface area contributed by atoms with Crippen molar-refractivity contribution in [2.45, 2.75) is 6.36 Å². The van der Waals surface area contributed by atoms with E-state index in [1.54, 1.807) is 0 Å². The largest absolute Gasteiger partial charge is 0.573 e. The summed E-state index contributed by atoms with van der Waals surface area (Å²) in [4.78, 5) is 16.9. The lowest BCUT2D eigenvalue weighted by Crippen LogP contribution is -2.16. The van der Waals surface area contributed by atoms with Crippen LogP contribution in [0, 0.1) is 10.1 Å². The highest BCUT2D eigenvalue weighted by Gasteiger charge is 2.31. The minimum atomic E-state index is -4.81. The molecule has 0 aliphatic rings. The minimum Gasteiger partial charge on any atom is -0.406 e. The number of aromatic nitrogens is 4.